The third-order valence-corrected chi connectivity index (χ3v) is 4.97. The lowest BCUT2D eigenvalue weighted by atomic mass is 10.0. The van der Waals surface area contributed by atoms with Crippen LogP contribution >= 0.6 is 0 Å². The second-order valence-corrected chi connectivity index (χ2v) is 6.43. The quantitative estimate of drug-likeness (QED) is 0.801. The van der Waals surface area contributed by atoms with Crippen LogP contribution in [-0.2, 0) is 14.2 Å². The van der Waals surface area contributed by atoms with E-state index in [4.69, 9.17) is 14.2 Å². The summed E-state index contributed by atoms with van der Waals surface area (Å²) >= 11 is 0. The Labute approximate surface area is 141 Å². The molecule has 1 amide bonds. The average molecular weight is 333 g/mol. The van der Waals surface area contributed by atoms with E-state index in [0.29, 0.717) is 45.1 Å². The maximum absolute atomic E-state index is 12.6. The molecule has 0 radical (unpaired) electrons. The van der Waals surface area contributed by atoms with Gasteiger partial charge >= 0.3 is 0 Å². The molecule has 0 atom stereocenters. The molecule has 24 heavy (non-hydrogen) atoms. The smallest absolute Gasteiger partial charge is 0.255 e. The predicted octanol–water partition coefficient (Wildman–Crippen LogP) is 0.897. The van der Waals surface area contributed by atoms with Gasteiger partial charge in [0.25, 0.3) is 5.91 Å². The summed E-state index contributed by atoms with van der Waals surface area (Å²) in [6.07, 6.45) is 5.16. The summed E-state index contributed by atoms with van der Waals surface area (Å²) in [4.78, 5) is 21.0. The van der Waals surface area contributed by atoms with E-state index in [1.54, 1.807) is 6.20 Å². The van der Waals surface area contributed by atoms with Crippen molar-refractivity contribution in [2.75, 3.05) is 57.5 Å². The molecule has 4 heterocycles. The summed E-state index contributed by atoms with van der Waals surface area (Å²) < 4.78 is 16.8. The van der Waals surface area contributed by atoms with Crippen LogP contribution in [0.2, 0.25) is 0 Å². The standard InChI is InChI=1S/C17H23N3O4/c21-16(20-5-7-22-8-6-20)14-11-15(13-18-12-14)19-3-1-17(2-4-19)23-9-10-24-17/h11-13H,1-10H2. The number of hydrogen-bond donors (Lipinski definition) is 0. The van der Waals surface area contributed by atoms with Crippen molar-refractivity contribution in [1.29, 1.82) is 0 Å². The fraction of sp³-hybridized carbons (Fsp3) is 0.647. The predicted molar refractivity (Wildman–Crippen MR) is 87.0 cm³/mol. The van der Waals surface area contributed by atoms with Crippen molar-refractivity contribution >= 4 is 11.6 Å². The number of aromatic nitrogens is 1. The van der Waals surface area contributed by atoms with Gasteiger partial charge in [-0.15, -0.1) is 0 Å². The summed E-state index contributed by atoms with van der Waals surface area (Å²) in [5.41, 5.74) is 1.63. The Kier molecular flexibility index (Phi) is 4.39. The van der Waals surface area contributed by atoms with E-state index in [0.717, 1.165) is 31.6 Å². The van der Waals surface area contributed by atoms with Gasteiger partial charge in [0.1, 0.15) is 0 Å². The molecule has 3 aliphatic rings. The lowest BCUT2D eigenvalue weighted by molar-refractivity contribution is -0.169. The molecule has 3 saturated heterocycles. The zero-order valence-electron chi connectivity index (χ0n) is 13.8. The fourth-order valence-corrected chi connectivity index (χ4v) is 3.56. The Morgan fingerprint density at radius 3 is 2.42 bits per heavy atom. The lowest BCUT2D eigenvalue weighted by Crippen LogP contribution is -2.45. The first-order chi connectivity index (χ1) is 11.8. The van der Waals surface area contributed by atoms with Crippen LogP contribution in [0.5, 0.6) is 0 Å². The van der Waals surface area contributed by atoms with E-state index in [1.165, 1.54) is 0 Å². The Morgan fingerprint density at radius 1 is 1.00 bits per heavy atom. The number of anilines is 1. The molecular weight excluding hydrogens is 310 g/mol. The third kappa shape index (κ3) is 3.11. The molecule has 1 aromatic rings. The molecule has 0 aliphatic carbocycles. The first kappa shape index (κ1) is 15.8. The molecule has 1 aromatic heterocycles. The van der Waals surface area contributed by atoms with E-state index in [1.807, 2.05) is 17.2 Å². The minimum absolute atomic E-state index is 0.0311. The fourth-order valence-electron chi connectivity index (χ4n) is 3.56. The van der Waals surface area contributed by atoms with Gasteiger partial charge in [-0.2, -0.15) is 0 Å². The molecule has 7 nitrogen and oxygen atoms in total. The molecule has 1 spiro atoms. The molecule has 3 fully saturated rings. The van der Waals surface area contributed by atoms with Gasteiger partial charge in [-0.05, 0) is 6.07 Å². The van der Waals surface area contributed by atoms with Crippen molar-refractivity contribution in [2.24, 2.45) is 0 Å². The molecule has 7 heteroatoms. The number of ether oxygens (including phenoxy) is 3. The summed E-state index contributed by atoms with van der Waals surface area (Å²) in [5, 5.41) is 0. The van der Waals surface area contributed by atoms with Crippen LogP contribution in [0.3, 0.4) is 0 Å². The van der Waals surface area contributed by atoms with Crippen molar-refractivity contribution in [3.63, 3.8) is 0 Å². The number of morpholine rings is 1. The first-order valence-electron chi connectivity index (χ1n) is 8.61. The van der Waals surface area contributed by atoms with Gasteiger partial charge in [0.2, 0.25) is 0 Å². The summed E-state index contributed by atoms with van der Waals surface area (Å²) in [6.45, 7) is 5.55. The lowest BCUT2D eigenvalue weighted by Gasteiger charge is -2.38. The van der Waals surface area contributed by atoms with Crippen molar-refractivity contribution in [2.45, 2.75) is 18.6 Å². The minimum atomic E-state index is -0.384. The van der Waals surface area contributed by atoms with Crippen molar-refractivity contribution < 1.29 is 19.0 Å². The number of amides is 1. The molecule has 130 valence electrons. The highest BCUT2D eigenvalue weighted by atomic mass is 16.7. The Hall–Kier alpha value is -1.70. The van der Waals surface area contributed by atoms with E-state index in [2.05, 4.69) is 9.88 Å². The zero-order chi connectivity index (χ0) is 16.4. The largest absolute Gasteiger partial charge is 0.378 e. The number of pyridine rings is 1. The van der Waals surface area contributed by atoms with Gasteiger partial charge in [0.05, 0.1) is 43.9 Å². The van der Waals surface area contributed by atoms with Gasteiger partial charge in [0, 0.05) is 45.2 Å². The van der Waals surface area contributed by atoms with E-state index >= 15 is 0 Å². The van der Waals surface area contributed by atoms with Crippen molar-refractivity contribution in [3.8, 4) is 0 Å². The Morgan fingerprint density at radius 2 is 1.71 bits per heavy atom. The molecule has 0 aromatic carbocycles. The second kappa shape index (κ2) is 6.66. The van der Waals surface area contributed by atoms with E-state index in [9.17, 15) is 4.79 Å². The highest BCUT2D eigenvalue weighted by molar-refractivity contribution is 5.94. The van der Waals surface area contributed by atoms with Crippen molar-refractivity contribution in [3.05, 3.63) is 24.0 Å². The highest BCUT2D eigenvalue weighted by Gasteiger charge is 2.39. The number of piperidine rings is 1. The highest BCUT2D eigenvalue weighted by Crippen LogP contribution is 2.33. The molecule has 4 rings (SSSR count). The van der Waals surface area contributed by atoms with Gasteiger partial charge in [-0.25, -0.2) is 0 Å². The van der Waals surface area contributed by atoms with Crippen LogP contribution in [0.4, 0.5) is 5.69 Å². The topological polar surface area (TPSA) is 64.1 Å². The summed E-state index contributed by atoms with van der Waals surface area (Å²) in [7, 11) is 0. The maximum Gasteiger partial charge on any atom is 0.255 e. The summed E-state index contributed by atoms with van der Waals surface area (Å²) in [6, 6.07) is 1.94. The SMILES string of the molecule is O=C(c1cncc(N2CCC3(CC2)OCCO3)c1)N1CCOCC1. The number of hydrogen-bond acceptors (Lipinski definition) is 6. The monoisotopic (exact) mass is 333 g/mol. The molecule has 0 unspecified atom stereocenters. The van der Waals surface area contributed by atoms with Gasteiger partial charge in [0.15, 0.2) is 5.79 Å². The molecule has 3 aliphatic heterocycles. The Balaban J connectivity index is 1.44. The normalized spacial score (nSPS) is 23.7. The second-order valence-electron chi connectivity index (χ2n) is 6.43. The van der Waals surface area contributed by atoms with E-state index < -0.39 is 0 Å². The van der Waals surface area contributed by atoms with Crippen LogP contribution in [0.1, 0.15) is 23.2 Å². The summed E-state index contributed by atoms with van der Waals surface area (Å²) in [5.74, 6) is -0.353. The number of rotatable bonds is 2. The molecule has 0 N–H and O–H groups in total. The van der Waals surface area contributed by atoms with Crippen LogP contribution in [0.25, 0.3) is 0 Å². The average Bonchev–Trinajstić information content (AvgIpc) is 3.10. The van der Waals surface area contributed by atoms with Gasteiger partial charge < -0.3 is 24.0 Å². The molecule has 0 bridgehead atoms. The number of carbonyl (C=O) groups is 1. The minimum Gasteiger partial charge on any atom is -0.378 e. The van der Waals surface area contributed by atoms with E-state index in [-0.39, 0.29) is 11.7 Å². The van der Waals surface area contributed by atoms with Crippen molar-refractivity contribution in [1.82, 2.24) is 9.88 Å². The van der Waals surface area contributed by atoms with Gasteiger partial charge in [-0.3, -0.25) is 9.78 Å². The van der Waals surface area contributed by atoms with Crippen LogP contribution in [0.15, 0.2) is 18.5 Å². The number of nitrogens with zero attached hydrogens (tertiary/aromatic N) is 3. The third-order valence-electron chi connectivity index (χ3n) is 4.97. The Bertz CT molecular complexity index is 587. The number of carbonyl (C=O) groups excluding carboxylic acids is 1. The van der Waals surface area contributed by atoms with Crippen LogP contribution < -0.4 is 4.90 Å². The molecular formula is C17H23N3O4. The maximum atomic E-state index is 12.6. The van der Waals surface area contributed by atoms with Crippen LogP contribution in [0, 0.1) is 0 Å². The zero-order valence-corrected chi connectivity index (χ0v) is 13.8. The van der Waals surface area contributed by atoms with Crippen LogP contribution in [-0.4, -0.2) is 74.2 Å². The van der Waals surface area contributed by atoms with Gasteiger partial charge in [-0.1, -0.05) is 0 Å². The molecule has 0 saturated carbocycles. The first-order valence-corrected chi connectivity index (χ1v) is 8.61.